The predicted molar refractivity (Wildman–Crippen MR) is 88.8 cm³/mol. The average molecular weight is 362 g/mol. The minimum Gasteiger partial charge on any atom is -0.351 e. The van der Waals surface area contributed by atoms with E-state index in [1.165, 1.54) is 35.5 Å². The Morgan fingerprint density at radius 2 is 2.16 bits per heavy atom. The molecule has 1 aromatic rings. The largest absolute Gasteiger partial charge is 0.351 e. The number of thioether (sulfide) groups is 1. The third-order valence-corrected chi connectivity index (χ3v) is 6.00. The van der Waals surface area contributed by atoms with Crippen molar-refractivity contribution >= 4 is 44.9 Å². The fourth-order valence-electron chi connectivity index (χ4n) is 2.12. The highest BCUT2D eigenvalue weighted by atomic mass is 79.9. The number of carbonyl (C=O) groups is 1. The van der Waals surface area contributed by atoms with Gasteiger partial charge < -0.3 is 5.32 Å². The summed E-state index contributed by atoms with van der Waals surface area (Å²) < 4.78 is 0. The van der Waals surface area contributed by atoms with Gasteiger partial charge in [0, 0.05) is 22.5 Å². The molecule has 0 aromatic carbocycles. The number of hydrogen-bond donors (Lipinski definition) is 1. The van der Waals surface area contributed by atoms with E-state index in [2.05, 4.69) is 27.3 Å². The SMILES string of the molecule is O=C(NCCCCCCBr)c1cc2c(s1)CCSC2. The fraction of sp³-hybridized carbons (Fsp3) is 0.643. The van der Waals surface area contributed by atoms with Crippen molar-refractivity contribution in [3.8, 4) is 0 Å². The van der Waals surface area contributed by atoms with Crippen molar-refractivity contribution < 1.29 is 4.79 Å². The Morgan fingerprint density at radius 3 is 2.95 bits per heavy atom. The maximum atomic E-state index is 12.0. The van der Waals surface area contributed by atoms with Crippen LogP contribution in [-0.4, -0.2) is 23.5 Å². The molecule has 0 fully saturated rings. The minimum absolute atomic E-state index is 0.116. The average Bonchev–Trinajstić information content (AvgIpc) is 2.86. The maximum Gasteiger partial charge on any atom is 0.261 e. The van der Waals surface area contributed by atoms with Crippen molar-refractivity contribution in [2.75, 3.05) is 17.6 Å². The second kappa shape index (κ2) is 8.32. The number of fused-ring (bicyclic) bond motifs is 1. The maximum absolute atomic E-state index is 12.0. The molecule has 0 saturated carbocycles. The van der Waals surface area contributed by atoms with Gasteiger partial charge in [0.05, 0.1) is 4.88 Å². The molecule has 1 aromatic heterocycles. The molecule has 1 aliphatic rings. The molecule has 0 atom stereocenters. The lowest BCUT2D eigenvalue weighted by Crippen LogP contribution is -2.23. The zero-order valence-corrected chi connectivity index (χ0v) is 14.3. The molecular formula is C14H20BrNOS2. The first-order valence-electron chi connectivity index (χ1n) is 6.84. The van der Waals surface area contributed by atoms with Crippen molar-refractivity contribution in [3.63, 3.8) is 0 Å². The Bertz CT molecular complexity index is 396. The number of amides is 1. The lowest BCUT2D eigenvalue weighted by Gasteiger charge is -2.08. The summed E-state index contributed by atoms with van der Waals surface area (Å²) >= 11 is 7.08. The molecular weight excluding hydrogens is 342 g/mol. The van der Waals surface area contributed by atoms with Gasteiger partial charge in [-0.1, -0.05) is 28.8 Å². The molecule has 0 spiro atoms. The monoisotopic (exact) mass is 361 g/mol. The van der Waals surface area contributed by atoms with Crippen LogP contribution in [0.5, 0.6) is 0 Å². The van der Waals surface area contributed by atoms with Gasteiger partial charge in [-0.3, -0.25) is 4.79 Å². The highest BCUT2D eigenvalue weighted by Gasteiger charge is 2.16. The van der Waals surface area contributed by atoms with E-state index in [1.54, 1.807) is 11.3 Å². The molecule has 0 radical (unpaired) electrons. The van der Waals surface area contributed by atoms with E-state index in [4.69, 9.17) is 0 Å². The highest BCUT2D eigenvalue weighted by molar-refractivity contribution is 9.09. The summed E-state index contributed by atoms with van der Waals surface area (Å²) in [6, 6.07) is 2.09. The molecule has 2 heterocycles. The lowest BCUT2D eigenvalue weighted by atomic mass is 10.2. The summed E-state index contributed by atoms with van der Waals surface area (Å²) in [4.78, 5) is 14.4. The Morgan fingerprint density at radius 1 is 1.32 bits per heavy atom. The van der Waals surface area contributed by atoms with Crippen LogP contribution >= 0.6 is 39.0 Å². The molecule has 1 amide bonds. The fourth-order valence-corrected chi connectivity index (χ4v) is 4.81. The van der Waals surface area contributed by atoms with E-state index < -0.39 is 0 Å². The zero-order valence-electron chi connectivity index (χ0n) is 11.0. The van der Waals surface area contributed by atoms with Gasteiger partial charge in [-0.25, -0.2) is 0 Å². The Kier molecular flexibility index (Phi) is 6.74. The summed E-state index contributed by atoms with van der Waals surface area (Å²) in [6.45, 7) is 0.804. The van der Waals surface area contributed by atoms with Crippen LogP contribution < -0.4 is 5.32 Å². The van der Waals surface area contributed by atoms with E-state index in [0.29, 0.717) is 0 Å². The van der Waals surface area contributed by atoms with Crippen LogP contribution in [0.2, 0.25) is 0 Å². The summed E-state index contributed by atoms with van der Waals surface area (Å²) in [5.41, 5.74) is 1.38. The number of alkyl halides is 1. The number of halogens is 1. The molecule has 0 saturated heterocycles. The normalized spacial score (nSPS) is 14.2. The summed E-state index contributed by atoms with van der Waals surface area (Å²) in [6.07, 6.45) is 5.88. The third-order valence-electron chi connectivity index (χ3n) is 3.20. The summed E-state index contributed by atoms with van der Waals surface area (Å²) in [7, 11) is 0. The zero-order chi connectivity index (χ0) is 13.5. The Labute approximate surface area is 131 Å². The van der Waals surface area contributed by atoms with Crippen LogP contribution in [-0.2, 0) is 12.2 Å². The smallest absolute Gasteiger partial charge is 0.261 e. The van der Waals surface area contributed by atoms with Crippen LogP contribution in [0, 0.1) is 0 Å². The molecule has 0 bridgehead atoms. The van der Waals surface area contributed by atoms with E-state index in [1.807, 2.05) is 11.8 Å². The topological polar surface area (TPSA) is 29.1 Å². The van der Waals surface area contributed by atoms with Gasteiger partial charge in [0.25, 0.3) is 5.91 Å². The molecule has 5 heteroatoms. The quantitative estimate of drug-likeness (QED) is 0.581. The third kappa shape index (κ3) is 4.80. The lowest BCUT2D eigenvalue weighted by molar-refractivity contribution is 0.0957. The van der Waals surface area contributed by atoms with Crippen molar-refractivity contribution in [2.24, 2.45) is 0 Å². The molecule has 1 aliphatic heterocycles. The molecule has 106 valence electrons. The van der Waals surface area contributed by atoms with Crippen LogP contribution in [0.4, 0.5) is 0 Å². The van der Waals surface area contributed by atoms with Crippen LogP contribution in [0.25, 0.3) is 0 Å². The van der Waals surface area contributed by atoms with E-state index in [0.717, 1.165) is 35.3 Å². The van der Waals surface area contributed by atoms with Gasteiger partial charge in [-0.05, 0) is 36.6 Å². The van der Waals surface area contributed by atoms with Gasteiger partial charge in [-0.15, -0.1) is 11.3 Å². The van der Waals surface area contributed by atoms with Crippen LogP contribution in [0.1, 0.15) is 45.8 Å². The van der Waals surface area contributed by atoms with Gasteiger partial charge in [0.15, 0.2) is 0 Å². The number of aryl methyl sites for hydroxylation is 1. The molecule has 2 nitrogen and oxygen atoms in total. The number of carbonyl (C=O) groups excluding carboxylic acids is 1. The Balaban J connectivity index is 1.72. The molecule has 0 aliphatic carbocycles. The first kappa shape index (κ1) is 15.4. The number of hydrogen-bond acceptors (Lipinski definition) is 3. The van der Waals surface area contributed by atoms with Crippen LogP contribution in [0.15, 0.2) is 6.07 Å². The first-order valence-corrected chi connectivity index (χ1v) is 9.94. The molecule has 0 unspecified atom stereocenters. The standard InChI is InChI=1S/C14H20BrNOS2/c15-6-3-1-2-4-7-16-14(17)13-9-11-10-18-8-5-12(11)19-13/h9H,1-8,10H2,(H,16,17). The summed E-state index contributed by atoms with van der Waals surface area (Å²) in [5.74, 6) is 2.39. The molecule has 2 rings (SSSR count). The van der Waals surface area contributed by atoms with Crippen molar-refractivity contribution in [2.45, 2.75) is 37.9 Å². The van der Waals surface area contributed by atoms with E-state index in [9.17, 15) is 4.79 Å². The second-order valence-corrected chi connectivity index (χ2v) is 7.76. The first-order chi connectivity index (χ1) is 9.31. The number of rotatable bonds is 7. The van der Waals surface area contributed by atoms with Gasteiger partial charge >= 0.3 is 0 Å². The summed E-state index contributed by atoms with van der Waals surface area (Å²) in [5, 5.41) is 4.12. The van der Waals surface area contributed by atoms with Crippen molar-refractivity contribution in [3.05, 3.63) is 21.4 Å². The van der Waals surface area contributed by atoms with E-state index in [-0.39, 0.29) is 5.91 Å². The van der Waals surface area contributed by atoms with Crippen molar-refractivity contribution in [1.82, 2.24) is 5.32 Å². The molecule has 1 N–H and O–H groups in total. The van der Waals surface area contributed by atoms with Crippen LogP contribution in [0.3, 0.4) is 0 Å². The van der Waals surface area contributed by atoms with Gasteiger partial charge in [0.1, 0.15) is 0 Å². The minimum atomic E-state index is 0.116. The molecule has 19 heavy (non-hydrogen) atoms. The Hall–Kier alpha value is -0.000000000000000111. The van der Waals surface area contributed by atoms with E-state index >= 15 is 0 Å². The second-order valence-electron chi connectivity index (χ2n) is 4.72. The highest BCUT2D eigenvalue weighted by Crippen LogP contribution is 2.31. The number of unbranched alkanes of at least 4 members (excludes halogenated alkanes) is 3. The van der Waals surface area contributed by atoms with Gasteiger partial charge in [0.2, 0.25) is 0 Å². The number of thiophene rings is 1. The van der Waals surface area contributed by atoms with Gasteiger partial charge in [-0.2, -0.15) is 11.8 Å². The number of nitrogens with one attached hydrogen (secondary N) is 1. The predicted octanol–water partition coefficient (Wildman–Crippen LogP) is 4.22. The van der Waals surface area contributed by atoms with Crippen molar-refractivity contribution in [1.29, 1.82) is 0 Å².